The fraction of sp³-hybridized carbons (Fsp3) is 0.769. The van der Waals surface area contributed by atoms with Gasteiger partial charge in [-0.25, -0.2) is 4.79 Å². The first-order valence-corrected chi connectivity index (χ1v) is 5.94. The number of carbonyl (C=O) groups is 1. The predicted molar refractivity (Wildman–Crippen MR) is 61.6 cm³/mol. The largest absolute Gasteiger partial charge is 0.455 e. The van der Waals surface area contributed by atoms with Crippen molar-refractivity contribution >= 4 is 5.97 Å². The molecule has 0 bridgehead atoms. The van der Waals surface area contributed by atoms with E-state index in [1.54, 1.807) is 6.92 Å². The zero-order valence-electron chi connectivity index (χ0n) is 10.1. The maximum atomic E-state index is 11.6. The predicted octanol–water partition coefficient (Wildman–Crippen LogP) is 3.46. The first-order valence-electron chi connectivity index (χ1n) is 5.94. The third-order valence-corrected chi connectivity index (χ3v) is 3.69. The molecule has 0 unspecified atom stereocenters. The van der Waals surface area contributed by atoms with E-state index in [0.29, 0.717) is 11.5 Å². The smallest absolute Gasteiger partial charge is 0.333 e. The van der Waals surface area contributed by atoms with Crippen LogP contribution in [0, 0.1) is 5.92 Å². The van der Waals surface area contributed by atoms with Crippen molar-refractivity contribution in [3.63, 3.8) is 0 Å². The number of hydrogen-bond donors (Lipinski definition) is 0. The Bertz CT molecular complexity index is 247. The van der Waals surface area contributed by atoms with Gasteiger partial charge in [-0.3, -0.25) is 0 Å². The highest BCUT2D eigenvalue weighted by atomic mass is 16.6. The van der Waals surface area contributed by atoms with E-state index in [1.807, 2.05) is 0 Å². The van der Waals surface area contributed by atoms with Crippen LogP contribution in [0.4, 0.5) is 0 Å². The zero-order valence-corrected chi connectivity index (χ0v) is 10.1. The lowest BCUT2D eigenvalue weighted by molar-refractivity contribution is -0.167. The van der Waals surface area contributed by atoms with E-state index in [1.165, 1.54) is 19.3 Å². The Hall–Kier alpha value is -0.790. The van der Waals surface area contributed by atoms with Crippen LogP contribution in [-0.4, -0.2) is 11.6 Å². The van der Waals surface area contributed by atoms with Crippen molar-refractivity contribution in [2.75, 3.05) is 0 Å². The van der Waals surface area contributed by atoms with E-state index in [4.69, 9.17) is 4.74 Å². The Labute approximate surface area is 92.7 Å². The van der Waals surface area contributed by atoms with Gasteiger partial charge in [0, 0.05) is 5.57 Å². The molecule has 0 atom stereocenters. The fourth-order valence-electron chi connectivity index (χ4n) is 2.26. The molecule has 0 aromatic carbocycles. The van der Waals surface area contributed by atoms with Crippen LogP contribution in [0.2, 0.25) is 0 Å². The van der Waals surface area contributed by atoms with Crippen LogP contribution in [0.15, 0.2) is 12.2 Å². The van der Waals surface area contributed by atoms with Crippen molar-refractivity contribution in [1.82, 2.24) is 0 Å². The molecule has 0 amide bonds. The summed E-state index contributed by atoms with van der Waals surface area (Å²) < 4.78 is 5.66. The molecule has 0 spiro atoms. The molecule has 1 rings (SSSR count). The number of esters is 1. The van der Waals surface area contributed by atoms with E-state index >= 15 is 0 Å². The SMILES string of the molecule is C=C(C)C(=O)OC(CC)(CC)C1CCC1. The van der Waals surface area contributed by atoms with Crippen molar-refractivity contribution < 1.29 is 9.53 Å². The molecule has 0 N–H and O–H groups in total. The molecule has 1 aliphatic rings. The molecular formula is C13H22O2. The Morgan fingerprint density at radius 1 is 1.40 bits per heavy atom. The van der Waals surface area contributed by atoms with Gasteiger partial charge >= 0.3 is 5.97 Å². The van der Waals surface area contributed by atoms with Crippen molar-refractivity contribution in [2.24, 2.45) is 5.92 Å². The summed E-state index contributed by atoms with van der Waals surface area (Å²) in [6, 6.07) is 0. The van der Waals surface area contributed by atoms with Gasteiger partial charge in [-0.2, -0.15) is 0 Å². The first-order chi connectivity index (χ1) is 7.05. The van der Waals surface area contributed by atoms with Gasteiger partial charge in [0.2, 0.25) is 0 Å². The Morgan fingerprint density at radius 3 is 2.20 bits per heavy atom. The summed E-state index contributed by atoms with van der Waals surface area (Å²) in [5, 5.41) is 0. The first kappa shape index (κ1) is 12.3. The Kier molecular flexibility index (Phi) is 3.95. The van der Waals surface area contributed by atoms with E-state index in [2.05, 4.69) is 20.4 Å². The molecule has 0 aromatic heterocycles. The minimum absolute atomic E-state index is 0.228. The molecule has 2 nitrogen and oxygen atoms in total. The van der Waals surface area contributed by atoms with Crippen LogP contribution in [0.1, 0.15) is 52.9 Å². The van der Waals surface area contributed by atoms with Crippen LogP contribution < -0.4 is 0 Å². The molecule has 0 saturated heterocycles. The number of carbonyl (C=O) groups excluding carboxylic acids is 1. The summed E-state index contributed by atoms with van der Waals surface area (Å²) >= 11 is 0. The Morgan fingerprint density at radius 2 is 1.93 bits per heavy atom. The minimum atomic E-state index is -0.231. The molecule has 0 aliphatic heterocycles. The third kappa shape index (κ3) is 2.42. The molecule has 0 heterocycles. The highest BCUT2D eigenvalue weighted by Crippen LogP contribution is 2.42. The van der Waals surface area contributed by atoms with Gasteiger partial charge in [-0.15, -0.1) is 0 Å². The standard InChI is InChI=1S/C13H22O2/c1-5-13(6-2,11-8-7-9-11)15-12(14)10(3)4/h11H,3,5-9H2,1-2,4H3. The van der Waals surface area contributed by atoms with E-state index in [0.717, 1.165) is 12.8 Å². The van der Waals surface area contributed by atoms with Crippen molar-refractivity contribution in [1.29, 1.82) is 0 Å². The lowest BCUT2D eigenvalue weighted by atomic mass is 9.70. The summed E-state index contributed by atoms with van der Waals surface area (Å²) in [4.78, 5) is 11.6. The molecule has 0 radical (unpaired) electrons. The van der Waals surface area contributed by atoms with Crippen LogP contribution >= 0.6 is 0 Å². The van der Waals surface area contributed by atoms with E-state index in [9.17, 15) is 4.79 Å². The second-order valence-corrected chi connectivity index (χ2v) is 4.57. The van der Waals surface area contributed by atoms with Gasteiger partial charge in [0.05, 0.1) is 0 Å². The van der Waals surface area contributed by atoms with Crippen LogP contribution in [0.5, 0.6) is 0 Å². The summed E-state index contributed by atoms with van der Waals surface area (Å²) in [6.45, 7) is 9.55. The van der Waals surface area contributed by atoms with Gasteiger partial charge in [-0.1, -0.05) is 26.8 Å². The quantitative estimate of drug-likeness (QED) is 0.513. The van der Waals surface area contributed by atoms with Crippen LogP contribution in [0.3, 0.4) is 0 Å². The number of hydrogen-bond acceptors (Lipinski definition) is 2. The molecule has 86 valence electrons. The lowest BCUT2D eigenvalue weighted by Gasteiger charge is -2.43. The van der Waals surface area contributed by atoms with Gasteiger partial charge in [0.1, 0.15) is 5.60 Å². The van der Waals surface area contributed by atoms with Crippen molar-refractivity contribution in [3.05, 3.63) is 12.2 Å². The normalized spacial score (nSPS) is 17.0. The molecular weight excluding hydrogens is 188 g/mol. The fourth-order valence-corrected chi connectivity index (χ4v) is 2.26. The van der Waals surface area contributed by atoms with Crippen molar-refractivity contribution in [2.45, 2.75) is 58.5 Å². The van der Waals surface area contributed by atoms with Gasteiger partial charge in [0.25, 0.3) is 0 Å². The average Bonchev–Trinajstić information content (AvgIpc) is 2.13. The van der Waals surface area contributed by atoms with Crippen molar-refractivity contribution in [3.8, 4) is 0 Å². The maximum absolute atomic E-state index is 11.6. The molecule has 15 heavy (non-hydrogen) atoms. The highest BCUT2D eigenvalue weighted by molar-refractivity contribution is 5.87. The average molecular weight is 210 g/mol. The van der Waals surface area contributed by atoms with E-state index < -0.39 is 0 Å². The summed E-state index contributed by atoms with van der Waals surface area (Å²) in [6.07, 6.45) is 5.49. The van der Waals surface area contributed by atoms with Crippen LogP contribution in [-0.2, 0) is 9.53 Å². The van der Waals surface area contributed by atoms with Crippen LogP contribution in [0.25, 0.3) is 0 Å². The molecule has 2 heteroatoms. The maximum Gasteiger partial charge on any atom is 0.333 e. The van der Waals surface area contributed by atoms with Gasteiger partial charge < -0.3 is 4.74 Å². The summed E-state index contributed by atoms with van der Waals surface area (Å²) in [5.41, 5.74) is 0.273. The third-order valence-electron chi connectivity index (χ3n) is 3.69. The monoisotopic (exact) mass is 210 g/mol. The molecule has 1 saturated carbocycles. The highest BCUT2D eigenvalue weighted by Gasteiger charge is 2.42. The molecule has 1 aliphatic carbocycles. The molecule has 1 fully saturated rings. The molecule has 0 aromatic rings. The number of ether oxygens (including phenoxy) is 1. The number of rotatable bonds is 5. The van der Waals surface area contributed by atoms with E-state index in [-0.39, 0.29) is 11.6 Å². The zero-order chi connectivity index (χ0) is 11.5. The Balaban J connectivity index is 2.71. The second kappa shape index (κ2) is 4.82. The van der Waals surface area contributed by atoms with Gasteiger partial charge in [0.15, 0.2) is 0 Å². The lowest BCUT2D eigenvalue weighted by Crippen LogP contribution is -2.44. The van der Waals surface area contributed by atoms with Gasteiger partial charge in [-0.05, 0) is 38.5 Å². The summed E-state index contributed by atoms with van der Waals surface area (Å²) in [7, 11) is 0. The minimum Gasteiger partial charge on any atom is -0.455 e. The summed E-state index contributed by atoms with van der Waals surface area (Å²) in [5.74, 6) is 0.335. The second-order valence-electron chi connectivity index (χ2n) is 4.57. The topological polar surface area (TPSA) is 26.3 Å².